The minimum atomic E-state index is -0.824. The summed E-state index contributed by atoms with van der Waals surface area (Å²) < 4.78 is -0.824. The molecule has 0 bridgehead atoms. The van der Waals surface area contributed by atoms with Crippen molar-refractivity contribution < 1.29 is 4.79 Å². The van der Waals surface area contributed by atoms with E-state index in [0.29, 0.717) is 5.78 Å². The topological polar surface area (TPSA) is 17.1 Å². The highest BCUT2D eigenvalue weighted by Crippen LogP contribution is 2.75. The zero-order valence-corrected chi connectivity index (χ0v) is 21.5. The number of hydrogen-bond donors (Lipinski definition) is 0. The highest BCUT2D eigenvalue weighted by atomic mass is 35.5. The zero-order chi connectivity index (χ0) is 21.9. The molecule has 0 radical (unpaired) electrons. The Kier molecular flexibility index (Phi) is 6.29. The van der Waals surface area contributed by atoms with Gasteiger partial charge in [-0.3, -0.25) is 4.79 Å². The molecular formula is C28H44Cl2O. The number of rotatable bonds is 2. The predicted molar refractivity (Wildman–Crippen MR) is 130 cm³/mol. The van der Waals surface area contributed by atoms with E-state index in [-0.39, 0.29) is 0 Å². The van der Waals surface area contributed by atoms with Crippen LogP contribution in [0.1, 0.15) is 117 Å². The van der Waals surface area contributed by atoms with Gasteiger partial charge in [-0.1, -0.05) is 62.7 Å². The molecule has 0 aromatic rings. The van der Waals surface area contributed by atoms with Crippen LogP contribution in [0.4, 0.5) is 0 Å². The summed E-state index contributed by atoms with van der Waals surface area (Å²) in [6.45, 7) is 4.80. The second-order valence-electron chi connectivity index (χ2n) is 12.8. The number of carbonyl (C=O) groups excluding carboxylic acids is 1. The zero-order valence-electron chi connectivity index (χ0n) is 19.9. The third kappa shape index (κ3) is 3.57. The second kappa shape index (κ2) is 8.48. The van der Waals surface area contributed by atoms with E-state index in [1.54, 1.807) is 0 Å². The molecular weight excluding hydrogens is 423 g/mol. The average Bonchev–Trinajstić information content (AvgIpc) is 2.79. The largest absolute Gasteiger partial charge is 0.298 e. The number of carbonyl (C=O) groups is 1. The van der Waals surface area contributed by atoms with E-state index in [9.17, 15) is 4.79 Å². The first kappa shape index (κ1) is 23.0. The van der Waals surface area contributed by atoms with Gasteiger partial charge >= 0.3 is 0 Å². The number of Topliss-reactive ketones (excluding diaryl/α,β-unsaturated/α-hetero) is 1. The van der Waals surface area contributed by atoms with E-state index in [2.05, 4.69) is 13.8 Å². The molecule has 0 N–H and O–H groups in total. The van der Waals surface area contributed by atoms with Gasteiger partial charge in [-0.2, -0.15) is 0 Å². The maximum absolute atomic E-state index is 13.8. The molecule has 5 aliphatic rings. The molecule has 5 aliphatic carbocycles. The minimum Gasteiger partial charge on any atom is -0.298 e. The summed E-state index contributed by atoms with van der Waals surface area (Å²) in [5.41, 5.74) is -0.858. The first-order valence-electron chi connectivity index (χ1n) is 13.7. The number of hydrogen-bond acceptors (Lipinski definition) is 1. The summed E-state index contributed by atoms with van der Waals surface area (Å²) in [5, 5.41) is 0. The van der Waals surface area contributed by atoms with Crippen molar-refractivity contribution in [3.05, 3.63) is 0 Å². The van der Waals surface area contributed by atoms with E-state index in [1.165, 1.54) is 77.0 Å². The van der Waals surface area contributed by atoms with Crippen LogP contribution in [0, 0.1) is 46.3 Å². The lowest BCUT2D eigenvalue weighted by Gasteiger charge is -2.67. The van der Waals surface area contributed by atoms with Gasteiger partial charge in [0.25, 0.3) is 0 Å². The summed E-state index contributed by atoms with van der Waals surface area (Å²) >= 11 is 14.4. The molecule has 3 heteroatoms. The molecule has 0 unspecified atom stereocenters. The fourth-order valence-electron chi connectivity index (χ4n) is 8.94. The Balaban J connectivity index is 1.20. The summed E-state index contributed by atoms with van der Waals surface area (Å²) in [6, 6.07) is 0. The summed E-state index contributed by atoms with van der Waals surface area (Å²) in [5.74, 6) is 5.65. The normalized spacial score (nSPS) is 50.4. The highest BCUT2D eigenvalue weighted by molar-refractivity contribution is 6.55. The summed E-state index contributed by atoms with van der Waals surface area (Å²) in [6.07, 6.45) is 19.6. The van der Waals surface area contributed by atoms with Crippen molar-refractivity contribution in [1.82, 2.24) is 0 Å². The van der Waals surface area contributed by atoms with Gasteiger partial charge in [-0.05, 0) is 113 Å². The van der Waals surface area contributed by atoms with Crippen LogP contribution in [0.2, 0.25) is 0 Å². The van der Waals surface area contributed by atoms with E-state index in [4.69, 9.17) is 23.2 Å². The molecule has 31 heavy (non-hydrogen) atoms. The van der Waals surface area contributed by atoms with Gasteiger partial charge in [0.2, 0.25) is 0 Å². The van der Waals surface area contributed by atoms with Crippen molar-refractivity contribution in [3.8, 4) is 0 Å². The van der Waals surface area contributed by atoms with E-state index in [0.717, 1.165) is 61.2 Å². The van der Waals surface area contributed by atoms with Crippen molar-refractivity contribution in [2.75, 3.05) is 0 Å². The van der Waals surface area contributed by atoms with Crippen molar-refractivity contribution >= 4 is 29.0 Å². The van der Waals surface area contributed by atoms with E-state index < -0.39 is 15.2 Å². The van der Waals surface area contributed by atoms with Gasteiger partial charge in [0, 0.05) is 0 Å². The smallest absolute Gasteiger partial charge is 0.151 e. The van der Waals surface area contributed by atoms with Gasteiger partial charge in [0.1, 0.15) is 4.33 Å². The quantitative estimate of drug-likeness (QED) is 0.371. The van der Waals surface area contributed by atoms with Gasteiger partial charge in [-0.25, -0.2) is 0 Å². The van der Waals surface area contributed by atoms with Gasteiger partial charge in [0.15, 0.2) is 5.78 Å². The second-order valence-corrected chi connectivity index (χ2v) is 14.1. The molecule has 5 rings (SSSR count). The van der Waals surface area contributed by atoms with Gasteiger partial charge < -0.3 is 0 Å². The lowest BCUT2D eigenvalue weighted by molar-refractivity contribution is -0.173. The maximum atomic E-state index is 13.8. The lowest BCUT2D eigenvalue weighted by Crippen LogP contribution is -2.74. The van der Waals surface area contributed by atoms with Crippen LogP contribution in [-0.4, -0.2) is 10.1 Å². The first-order chi connectivity index (χ1) is 14.8. The van der Waals surface area contributed by atoms with Crippen LogP contribution in [-0.2, 0) is 4.79 Å². The van der Waals surface area contributed by atoms with Crippen LogP contribution in [0.3, 0.4) is 0 Å². The van der Waals surface area contributed by atoms with Crippen molar-refractivity contribution in [1.29, 1.82) is 0 Å². The Hall–Kier alpha value is 0.250. The fraction of sp³-hybridized carbons (Fsp3) is 0.964. The minimum absolute atomic E-state index is 0.429. The Labute approximate surface area is 200 Å². The molecule has 0 aliphatic heterocycles. The van der Waals surface area contributed by atoms with Crippen LogP contribution in [0.5, 0.6) is 0 Å². The van der Waals surface area contributed by atoms with Crippen molar-refractivity contribution in [2.24, 2.45) is 46.3 Å². The molecule has 5 saturated carbocycles. The molecule has 0 atom stereocenters. The Morgan fingerprint density at radius 3 is 1.13 bits per heavy atom. The van der Waals surface area contributed by atoms with Gasteiger partial charge in [0.05, 0.1) is 10.8 Å². The Bertz CT molecular complexity index is 598. The van der Waals surface area contributed by atoms with Crippen LogP contribution >= 0.6 is 23.2 Å². The predicted octanol–water partition coefficient (Wildman–Crippen LogP) is 8.75. The molecule has 0 aromatic heterocycles. The molecule has 1 nitrogen and oxygen atoms in total. The molecule has 0 saturated heterocycles. The number of alkyl halides is 2. The summed E-state index contributed by atoms with van der Waals surface area (Å²) in [4.78, 5) is 13.8. The molecule has 0 heterocycles. The third-order valence-electron chi connectivity index (χ3n) is 11.3. The van der Waals surface area contributed by atoms with Crippen LogP contribution in [0.15, 0.2) is 0 Å². The van der Waals surface area contributed by atoms with E-state index >= 15 is 0 Å². The molecule has 0 amide bonds. The monoisotopic (exact) mass is 466 g/mol. The SMILES string of the molecule is CC1CCC(C2CCC3(CC2)C(=O)C2(CCC(C4CCC(C)CC4)CC2)C3(Cl)Cl)CC1. The summed E-state index contributed by atoms with van der Waals surface area (Å²) in [7, 11) is 0. The average molecular weight is 468 g/mol. The number of ketones is 1. The molecule has 0 aromatic carbocycles. The Morgan fingerprint density at radius 1 is 0.548 bits per heavy atom. The van der Waals surface area contributed by atoms with Crippen LogP contribution < -0.4 is 0 Å². The number of halogens is 2. The van der Waals surface area contributed by atoms with Crippen LogP contribution in [0.25, 0.3) is 0 Å². The molecule has 2 spiro atoms. The molecule has 176 valence electrons. The third-order valence-corrected chi connectivity index (χ3v) is 12.7. The van der Waals surface area contributed by atoms with Crippen molar-refractivity contribution in [3.63, 3.8) is 0 Å². The Morgan fingerprint density at radius 2 is 0.839 bits per heavy atom. The van der Waals surface area contributed by atoms with Gasteiger partial charge in [-0.15, -0.1) is 0 Å². The first-order valence-corrected chi connectivity index (χ1v) is 14.5. The lowest BCUT2D eigenvalue weighted by atomic mass is 9.41. The maximum Gasteiger partial charge on any atom is 0.151 e. The molecule has 5 fully saturated rings. The fourth-order valence-corrected chi connectivity index (χ4v) is 10.0. The van der Waals surface area contributed by atoms with E-state index in [1.807, 2.05) is 0 Å². The standard InChI is InChI=1S/C28H44Cl2O/c1-19-3-7-21(8-4-19)23-11-15-26(16-12-23)25(31)27(28(26,29)30)17-13-24(14-18-27)22-9-5-20(2)6-10-22/h19-24H,3-18H2,1-2H3. The van der Waals surface area contributed by atoms with Crippen molar-refractivity contribution in [2.45, 2.75) is 121 Å². The highest BCUT2D eigenvalue weighted by Gasteiger charge is 2.79.